The standard InChI is InChI=1S/C25H20N4O2S/c1-3-13-31-19-11-9-17(10-12-19)22-20(14-26)24(28)29-25(21(22)15-27)32-16(2)23(30)18-7-5-4-6-8-18/h3-12,16H,1,13H2,2H3,(H2,28,29). The number of ether oxygens (including phenoxy) is 1. The lowest BCUT2D eigenvalue weighted by Gasteiger charge is -2.16. The average Bonchev–Trinajstić information content (AvgIpc) is 2.82. The van der Waals surface area contributed by atoms with Gasteiger partial charge in [-0.3, -0.25) is 4.79 Å². The van der Waals surface area contributed by atoms with Crippen molar-refractivity contribution in [1.29, 1.82) is 10.5 Å². The van der Waals surface area contributed by atoms with Crippen LogP contribution in [0.25, 0.3) is 11.1 Å². The molecule has 32 heavy (non-hydrogen) atoms. The minimum absolute atomic E-state index is 0.00958. The second-order valence-corrected chi connectivity index (χ2v) is 8.09. The number of carbonyl (C=O) groups is 1. The fraction of sp³-hybridized carbons (Fsp3) is 0.120. The molecule has 0 saturated heterocycles. The van der Waals surface area contributed by atoms with Crippen molar-refractivity contribution in [3.05, 3.63) is 83.9 Å². The molecule has 0 amide bonds. The number of nitrogens with two attached hydrogens (primary N) is 1. The number of hydrogen-bond donors (Lipinski definition) is 1. The van der Waals surface area contributed by atoms with Crippen LogP contribution in [0, 0.1) is 22.7 Å². The van der Waals surface area contributed by atoms with Gasteiger partial charge in [0.15, 0.2) is 5.78 Å². The first kappa shape index (κ1) is 22.6. The molecule has 7 heteroatoms. The molecule has 1 unspecified atom stereocenters. The Bertz CT molecular complexity index is 1230. The molecule has 0 radical (unpaired) electrons. The van der Waals surface area contributed by atoms with Crippen molar-refractivity contribution >= 4 is 23.4 Å². The molecule has 1 heterocycles. The van der Waals surface area contributed by atoms with E-state index in [-0.39, 0.29) is 22.7 Å². The summed E-state index contributed by atoms with van der Waals surface area (Å²) >= 11 is 1.15. The number of anilines is 1. The van der Waals surface area contributed by atoms with Crippen LogP contribution in [0.4, 0.5) is 5.82 Å². The van der Waals surface area contributed by atoms with E-state index < -0.39 is 5.25 Å². The first-order chi connectivity index (χ1) is 15.5. The van der Waals surface area contributed by atoms with Gasteiger partial charge in [0.05, 0.1) is 10.8 Å². The van der Waals surface area contributed by atoms with Crippen molar-refractivity contribution in [2.75, 3.05) is 12.3 Å². The number of rotatable bonds is 8. The lowest BCUT2D eigenvalue weighted by atomic mass is 9.97. The van der Waals surface area contributed by atoms with Crippen molar-refractivity contribution in [3.8, 4) is 29.0 Å². The van der Waals surface area contributed by atoms with Crippen LogP contribution in [0.3, 0.4) is 0 Å². The Morgan fingerprint density at radius 1 is 1.16 bits per heavy atom. The Kier molecular flexibility index (Phi) is 7.28. The van der Waals surface area contributed by atoms with Gasteiger partial charge in [0, 0.05) is 11.1 Å². The summed E-state index contributed by atoms with van der Waals surface area (Å²) in [6.07, 6.45) is 1.64. The molecular formula is C25H20N4O2S. The Balaban J connectivity index is 2.03. The minimum Gasteiger partial charge on any atom is -0.490 e. The molecule has 0 saturated carbocycles. The van der Waals surface area contributed by atoms with Crippen LogP contribution >= 0.6 is 11.8 Å². The molecule has 0 aliphatic rings. The summed E-state index contributed by atoms with van der Waals surface area (Å²) in [4.78, 5) is 17.1. The lowest BCUT2D eigenvalue weighted by molar-refractivity contribution is 0.0994. The quantitative estimate of drug-likeness (QED) is 0.298. The molecular weight excluding hydrogens is 420 g/mol. The van der Waals surface area contributed by atoms with E-state index in [9.17, 15) is 15.3 Å². The highest BCUT2D eigenvalue weighted by Crippen LogP contribution is 2.37. The fourth-order valence-corrected chi connectivity index (χ4v) is 4.10. The maximum absolute atomic E-state index is 12.8. The Labute approximate surface area is 191 Å². The van der Waals surface area contributed by atoms with Gasteiger partial charge < -0.3 is 10.5 Å². The van der Waals surface area contributed by atoms with Gasteiger partial charge in [-0.15, -0.1) is 0 Å². The number of benzene rings is 2. The van der Waals surface area contributed by atoms with Crippen LogP contribution in [0.5, 0.6) is 5.75 Å². The van der Waals surface area contributed by atoms with Gasteiger partial charge in [-0.25, -0.2) is 4.98 Å². The van der Waals surface area contributed by atoms with Crippen LogP contribution in [0.15, 0.2) is 72.3 Å². The van der Waals surface area contributed by atoms with Gasteiger partial charge >= 0.3 is 0 Å². The van der Waals surface area contributed by atoms with Gasteiger partial charge in [0.1, 0.15) is 40.9 Å². The van der Waals surface area contributed by atoms with Crippen molar-refractivity contribution in [2.24, 2.45) is 0 Å². The van der Waals surface area contributed by atoms with E-state index in [1.54, 1.807) is 61.5 Å². The number of thioether (sulfide) groups is 1. The lowest BCUT2D eigenvalue weighted by Crippen LogP contribution is -2.14. The van der Waals surface area contributed by atoms with Crippen LogP contribution in [0.1, 0.15) is 28.4 Å². The molecule has 1 aromatic heterocycles. The predicted molar refractivity (Wildman–Crippen MR) is 125 cm³/mol. The third kappa shape index (κ3) is 4.80. The minimum atomic E-state index is -0.508. The summed E-state index contributed by atoms with van der Waals surface area (Å²) < 4.78 is 5.50. The smallest absolute Gasteiger partial charge is 0.175 e. The third-order valence-corrected chi connectivity index (χ3v) is 5.73. The molecule has 2 N–H and O–H groups in total. The van der Waals surface area contributed by atoms with Crippen molar-refractivity contribution in [1.82, 2.24) is 4.98 Å². The van der Waals surface area contributed by atoms with Crippen LogP contribution in [-0.2, 0) is 0 Å². The van der Waals surface area contributed by atoms with Gasteiger partial charge in [0.2, 0.25) is 0 Å². The van der Waals surface area contributed by atoms with E-state index in [1.165, 1.54) is 0 Å². The predicted octanol–water partition coefficient (Wildman–Crippen LogP) is 5.00. The molecule has 0 fully saturated rings. The fourth-order valence-electron chi connectivity index (χ4n) is 3.10. The SMILES string of the molecule is C=CCOc1ccc(-c2c(C#N)c(N)nc(SC(C)C(=O)c3ccccc3)c2C#N)cc1. The van der Waals surface area contributed by atoms with E-state index in [2.05, 4.69) is 23.7 Å². The first-order valence-electron chi connectivity index (χ1n) is 9.73. The Morgan fingerprint density at radius 3 is 2.41 bits per heavy atom. The average molecular weight is 441 g/mol. The Morgan fingerprint density at radius 2 is 1.81 bits per heavy atom. The topological polar surface area (TPSA) is 113 Å². The number of hydrogen-bond acceptors (Lipinski definition) is 7. The van der Waals surface area contributed by atoms with Gasteiger partial charge in [0.25, 0.3) is 0 Å². The third-order valence-electron chi connectivity index (χ3n) is 4.64. The highest BCUT2D eigenvalue weighted by molar-refractivity contribution is 8.00. The van der Waals surface area contributed by atoms with Crippen LogP contribution in [-0.4, -0.2) is 22.6 Å². The number of nitriles is 2. The number of nitrogen functional groups attached to an aromatic ring is 1. The second-order valence-electron chi connectivity index (χ2n) is 6.77. The van der Waals surface area contributed by atoms with Crippen molar-refractivity contribution < 1.29 is 9.53 Å². The molecule has 3 rings (SSSR count). The number of ketones is 1. The number of nitrogens with zero attached hydrogens (tertiary/aromatic N) is 3. The van der Waals surface area contributed by atoms with Crippen molar-refractivity contribution in [3.63, 3.8) is 0 Å². The van der Waals surface area contributed by atoms with Crippen molar-refractivity contribution in [2.45, 2.75) is 17.2 Å². The molecule has 0 spiro atoms. The summed E-state index contributed by atoms with van der Waals surface area (Å²) in [5.41, 5.74) is 7.98. The zero-order valence-electron chi connectivity index (χ0n) is 17.4. The zero-order valence-corrected chi connectivity index (χ0v) is 18.2. The normalized spacial score (nSPS) is 11.1. The second kappa shape index (κ2) is 10.3. The number of aromatic nitrogens is 1. The molecule has 0 bridgehead atoms. The van der Waals surface area contributed by atoms with Gasteiger partial charge in [-0.05, 0) is 24.6 Å². The maximum atomic E-state index is 12.8. The van der Waals surface area contributed by atoms with E-state index in [1.807, 2.05) is 6.07 Å². The molecule has 1 atom stereocenters. The maximum Gasteiger partial charge on any atom is 0.175 e. The molecule has 6 nitrogen and oxygen atoms in total. The highest BCUT2D eigenvalue weighted by atomic mass is 32.2. The van der Waals surface area contributed by atoms with E-state index in [4.69, 9.17) is 10.5 Å². The van der Waals surface area contributed by atoms with Crippen LogP contribution in [0.2, 0.25) is 0 Å². The number of pyridine rings is 1. The largest absolute Gasteiger partial charge is 0.490 e. The number of Topliss-reactive ketones (excluding diaryl/α,β-unsaturated/α-hetero) is 1. The summed E-state index contributed by atoms with van der Waals surface area (Å²) in [5, 5.41) is 19.4. The van der Waals surface area contributed by atoms with Crippen LogP contribution < -0.4 is 10.5 Å². The van der Waals surface area contributed by atoms with E-state index in [0.717, 1.165) is 11.8 Å². The molecule has 3 aromatic rings. The zero-order chi connectivity index (χ0) is 23.1. The Hall–Kier alpha value is -4.07. The van der Waals surface area contributed by atoms with E-state index >= 15 is 0 Å². The molecule has 2 aromatic carbocycles. The molecule has 0 aliphatic heterocycles. The van der Waals surface area contributed by atoms with E-state index in [0.29, 0.717) is 34.1 Å². The molecule has 158 valence electrons. The van der Waals surface area contributed by atoms with Gasteiger partial charge in [-0.1, -0.05) is 66.9 Å². The monoisotopic (exact) mass is 440 g/mol. The van der Waals surface area contributed by atoms with Gasteiger partial charge in [-0.2, -0.15) is 10.5 Å². The summed E-state index contributed by atoms with van der Waals surface area (Å²) in [6.45, 7) is 5.73. The summed E-state index contributed by atoms with van der Waals surface area (Å²) in [6, 6.07) is 20.1. The summed E-state index contributed by atoms with van der Waals surface area (Å²) in [5.74, 6) is 0.550. The number of carbonyl (C=O) groups excluding carboxylic acids is 1. The summed E-state index contributed by atoms with van der Waals surface area (Å²) in [7, 11) is 0. The first-order valence-corrected chi connectivity index (χ1v) is 10.6. The highest BCUT2D eigenvalue weighted by Gasteiger charge is 2.24. The molecule has 0 aliphatic carbocycles.